The molecular formula is C20H24F2N2O2. The van der Waals surface area contributed by atoms with Gasteiger partial charge in [0.25, 0.3) is 0 Å². The Morgan fingerprint density at radius 1 is 1.12 bits per heavy atom. The van der Waals surface area contributed by atoms with Gasteiger partial charge < -0.3 is 15.7 Å². The van der Waals surface area contributed by atoms with Gasteiger partial charge in [0.1, 0.15) is 11.6 Å². The van der Waals surface area contributed by atoms with E-state index in [9.17, 15) is 18.7 Å². The van der Waals surface area contributed by atoms with Crippen molar-refractivity contribution in [3.05, 3.63) is 70.8 Å². The Bertz CT molecular complexity index is 719. The van der Waals surface area contributed by atoms with Gasteiger partial charge in [-0.3, -0.25) is 4.79 Å². The molecule has 1 amide bonds. The van der Waals surface area contributed by atoms with E-state index in [1.165, 1.54) is 22.6 Å². The van der Waals surface area contributed by atoms with Gasteiger partial charge in [0.15, 0.2) is 0 Å². The monoisotopic (exact) mass is 362 g/mol. The molecule has 3 N–H and O–H groups in total. The molecule has 4 nitrogen and oxygen atoms in total. The van der Waals surface area contributed by atoms with Gasteiger partial charge in [-0.25, -0.2) is 8.78 Å². The number of aliphatic hydroxyl groups is 1. The number of rotatable bonds is 9. The van der Waals surface area contributed by atoms with Gasteiger partial charge in [0, 0.05) is 25.2 Å². The van der Waals surface area contributed by atoms with E-state index in [0.717, 1.165) is 18.1 Å². The average molecular weight is 362 g/mol. The van der Waals surface area contributed by atoms with Crippen molar-refractivity contribution in [3.63, 3.8) is 0 Å². The van der Waals surface area contributed by atoms with Crippen LogP contribution < -0.4 is 5.73 Å². The lowest BCUT2D eigenvalue weighted by Crippen LogP contribution is -2.44. The smallest absolute Gasteiger partial charge is 0.210 e. The Morgan fingerprint density at radius 2 is 1.77 bits per heavy atom. The van der Waals surface area contributed by atoms with Gasteiger partial charge >= 0.3 is 0 Å². The van der Waals surface area contributed by atoms with E-state index >= 15 is 0 Å². The third-order valence-corrected chi connectivity index (χ3v) is 4.24. The number of hydrogen-bond acceptors (Lipinski definition) is 3. The number of benzene rings is 2. The molecule has 1 unspecified atom stereocenters. The van der Waals surface area contributed by atoms with E-state index in [1.807, 2.05) is 24.3 Å². The molecule has 0 aliphatic carbocycles. The van der Waals surface area contributed by atoms with E-state index in [-0.39, 0.29) is 13.0 Å². The van der Waals surface area contributed by atoms with Crippen molar-refractivity contribution in [3.8, 4) is 0 Å². The summed E-state index contributed by atoms with van der Waals surface area (Å²) >= 11 is 0. The lowest BCUT2D eigenvalue weighted by molar-refractivity contribution is -0.120. The van der Waals surface area contributed by atoms with E-state index in [4.69, 9.17) is 5.73 Å². The zero-order valence-electron chi connectivity index (χ0n) is 14.7. The van der Waals surface area contributed by atoms with Crippen molar-refractivity contribution in [1.82, 2.24) is 4.90 Å². The Kier molecular flexibility index (Phi) is 7.24. The Labute approximate surface area is 152 Å². The molecule has 2 atom stereocenters. The minimum Gasteiger partial charge on any atom is -0.390 e. The zero-order chi connectivity index (χ0) is 19.1. The molecule has 0 spiro atoms. The van der Waals surface area contributed by atoms with Gasteiger partial charge in [-0.15, -0.1) is 0 Å². The first-order valence-electron chi connectivity index (χ1n) is 8.57. The van der Waals surface area contributed by atoms with Crippen molar-refractivity contribution in [2.45, 2.75) is 38.5 Å². The Morgan fingerprint density at radius 3 is 2.38 bits per heavy atom. The minimum atomic E-state index is -1.01. The summed E-state index contributed by atoms with van der Waals surface area (Å²) in [7, 11) is 0. The second kappa shape index (κ2) is 9.40. The fourth-order valence-electron chi connectivity index (χ4n) is 2.84. The fraction of sp³-hybridized carbons (Fsp3) is 0.350. The summed E-state index contributed by atoms with van der Waals surface area (Å²) in [5, 5.41) is 10.3. The maximum Gasteiger partial charge on any atom is 0.210 e. The summed E-state index contributed by atoms with van der Waals surface area (Å²) in [6.45, 7) is 2.45. The molecule has 26 heavy (non-hydrogen) atoms. The van der Waals surface area contributed by atoms with E-state index < -0.39 is 23.8 Å². The van der Waals surface area contributed by atoms with Crippen LogP contribution in [0.25, 0.3) is 0 Å². The van der Waals surface area contributed by atoms with Gasteiger partial charge in [-0.2, -0.15) is 0 Å². The number of carbonyl (C=O) groups excluding carboxylic acids is 1. The fourth-order valence-corrected chi connectivity index (χ4v) is 2.84. The number of aryl methyl sites for hydroxylation is 1. The van der Waals surface area contributed by atoms with Crippen molar-refractivity contribution in [2.75, 3.05) is 6.54 Å². The normalized spacial score (nSPS) is 13.3. The van der Waals surface area contributed by atoms with Crippen molar-refractivity contribution >= 4 is 6.41 Å². The SMILES string of the molecule is CCc1cccc(CN(C=O)CC(O)[C@@H](N)Cc2cc(F)cc(F)c2)c1. The summed E-state index contributed by atoms with van der Waals surface area (Å²) in [5.74, 6) is -1.38. The average Bonchev–Trinajstić information content (AvgIpc) is 2.60. The summed E-state index contributed by atoms with van der Waals surface area (Å²) < 4.78 is 26.5. The third-order valence-electron chi connectivity index (χ3n) is 4.24. The van der Waals surface area contributed by atoms with E-state index in [1.54, 1.807) is 0 Å². The number of halogens is 2. The molecule has 2 rings (SSSR count). The largest absolute Gasteiger partial charge is 0.390 e. The summed E-state index contributed by atoms with van der Waals surface area (Å²) in [5.41, 5.74) is 8.45. The molecule has 6 heteroatoms. The highest BCUT2D eigenvalue weighted by Crippen LogP contribution is 2.12. The zero-order valence-corrected chi connectivity index (χ0v) is 14.7. The highest BCUT2D eigenvalue weighted by Gasteiger charge is 2.19. The Balaban J connectivity index is 1.96. The molecule has 0 heterocycles. The minimum absolute atomic E-state index is 0.0405. The van der Waals surface area contributed by atoms with Gasteiger partial charge in [0.2, 0.25) is 6.41 Å². The number of carbonyl (C=O) groups is 1. The molecule has 2 aromatic rings. The standard InChI is InChI=1S/C20H24F2N2O2/c1-2-14-4-3-5-15(6-14)11-24(13-25)12-20(26)19(23)9-16-7-17(21)10-18(22)8-16/h3-8,10,13,19-20,26H,2,9,11-12,23H2,1H3/t19-,20?/m0/s1. The second-order valence-electron chi connectivity index (χ2n) is 6.42. The second-order valence-corrected chi connectivity index (χ2v) is 6.42. The van der Waals surface area contributed by atoms with Crippen LogP contribution in [0.15, 0.2) is 42.5 Å². The molecule has 0 aliphatic heterocycles. The van der Waals surface area contributed by atoms with E-state index in [0.29, 0.717) is 18.5 Å². The molecule has 0 radical (unpaired) electrons. The molecule has 0 fully saturated rings. The maximum atomic E-state index is 13.3. The lowest BCUT2D eigenvalue weighted by Gasteiger charge is -2.25. The molecule has 0 bridgehead atoms. The molecule has 0 aromatic heterocycles. The summed E-state index contributed by atoms with van der Waals surface area (Å²) in [4.78, 5) is 12.8. The molecule has 0 aliphatic rings. The summed E-state index contributed by atoms with van der Waals surface area (Å²) in [6, 6.07) is 10.3. The van der Waals surface area contributed by atoms with Crippen LogP contribution in [0.5, 0.6) is 0 Å². The number of hydrogen-bond donors (Lipinski definition) is 2. The van der Waals surface area contributed by atoms with Crippen LogP contribution in [0.2, 0.25) is 0 Å². The predicted molar refractivity (Wildman–Crippen MR) is 96.3 cm³/mol. The highest BCUT2D eigenvalue weighted by molar-refractivity contribution is 5.47. The van der Waals surface area contributed by atoms with Crippen LogP contribution in [0.4, 0.5) is 8.78 Å². The van der Waals surface area contributed by atoms with E-state index in [2.05, 4.69) is 6.92 Å². The lowest BCUT2D eigenvalue weighted by atomic mass is 10.0. The number of aliphatic hydroxyl groups excluding tert-OH is 1. The van der Waals surface area contributed by atoms with Gasteiger partial charge in [-0.05, 0) is 41.7 Å². The van der Waals surface area contributed by atoms with Crippen LogP contribution in [0.1, 0.15) is 23.6 Å². The molecule has 0 saturated heterocycles. The molecule has 140 valence electrons. The molecule has 2 aromatic carbocycles. The number of amides is 1. The van der Waals surface area contributed by atoms with Crippen LogP contribution in [0, 0.1) is 11.6 Å². The van der Waals surface area contributed by atoms with Crippen molar-refractivity contribution < 1.29 is 18.7 Å². The molecule has 0 saturated carbocycles. The first-order valence-corrected chi connectivity index (χ1v) is 8.57. The Hall–Kier alpha value is -2.31. The van der Waals surface area contributed by atoms with Gasteiger partial charge in [-0.1, -0.05) is 31.2 Å². The van der Waals surface area contributed by atoms with Crippen LogP contribution >= 0.6 is 0 Å². The maximum absolute atomic E-state index is 13.3. The third kappa shape index (κ3) is 5.89. The van der Waals surface area contributed by atoms with Crippen molar-refractivity contribution in [1.29, 1.82) is 0 Å². The topological polar surface area (TPSA) is 66.6 Å². The van der Waals surface area contributed by atoms with Crippen molar-refractivity contribution in [2.24, 2.45) is 5.73 Å². The first kappa shape index (κ1) is 20.0. The molecular weight excluding hydrogens is 338 g/mol. The predicted octanol–water partition coefficient (Wildman–Crippen LogP) is 2.42. The highest BCUT2D eigenvalue weighted by atomic mass is 19.1. The van der Waals surface area contributed by atoms with Crippen LogP contribution in [-0.2, 0) is 24.2 Å². The quantitative estimate of drug-likeness (QED) is 0.673. The first-order chi connectivity index (χ1) is 12.4. The van der Waals surface area contributed by atoms with Gasteiger partial charge in [0.05, 0.1) is 6.10 Å². The van der Waals surface area contributed by atoms with Crippen LogP contribution in [-0.4, -0.2) is 35.1 Å². The number of nitrogens with zero attached hydrogens (tertiary/aromatic N) is 1. The summed E-state index contributed by atoms with van der Waals surface area (Å²) in [6.07, 6.45) is 0.651. The number of nitrogens with two attached hydrogens (primary N) is 1. The van der Waals surface area contributed by atoms with Crippen LogP contribution in [0.3, 0.4) is 0 Å².